The van der Waals surface area contributed by atoms with E-state index in [0.717, 1.165) is 70.1 Å². The predicted molar refractivity (Wildman–Crippen MR) is 161 cm³/mol. The number of hydroxylamine groups is 2. The van der Waals surface area contributed by atoms with Crippen LogP contribution in [0.2, 0.25) is 0 Å². The van der Waals surface area contributed by atoms with Gasteiger partial charge in [0.25, 0.3) is 0 Å². The zero-order chi connectivity index (χ0) is 28.1. The Kier molecular flexibility index (Phi) is 9.62. The average molecular weight is 547 g/mol. The normalized spacial score (nSPS) is 25.8. The lowest BCUT2D eigenvalue weighted by Gasteiger charge is -2.59. The molecule has 6 heteroatoms. The van der Waals surface area contributed by atoms with Crippen LogP contribution < -0.4 is 5.32 Å². The molecule has 0 spiro atoms. The Hall–Kier alpha value is -2.25. The van der Waals surface area contributed by atoms with E-state index in [1.165, 1.54) is 23.1 Å². The maximum atomic E-state index is 13.3. The Morgan fingerprint density at radius 2 is 1.68 bits per heavy atom. The van der Waals surface area contributed by atoms with Crippen molar-refractivity contribution in [1.82, 2.24) is 20.2 Å². The highest BCUT2D eigenvalue weighted by Crippen LogP contribution is 2.59. The molecule has 0 radical (unpaired) electrons. The quantitative estimate of drug-likeness (QED) is 0.378. The highest BCUT2D eigenvalue weighted by atomic mass is 16.7. The number of benzene rings is 2. The number of rotatable bonds is 13. The summed E-state index contributed by atoms with van der Waals surface area (Å²) >= 11 is 0. The van der Waals surface area contributed by atoms with Crippen molar-refractivity contribution in [1.29, 1.82) is 0 Å². The lowest BCUT2D eigenvalue weighted by molar-refractivity contribution is -0.159. The summed E-state index contributed by atoms with van der Waals surface area (Å²) in [4.78, 5) is 24.1. The summed E-state index contributed by atoms with van der Waals surface area (Å²) in [6.07, 6.45) is 6.61. The van der Waals surface area contributed by atoms with Crippen LogP contribution in [0.5, 0.6) is 0 Å². The average Bonchev–Trinajstić information content (AvgIpc) is 3.40. The molecule has 1 N–H and O–H groups in total. The zero-order valence-electron chi connectivity index (χ0n) is 25.1. The molecule has 4 fully saturated rings. The van der Waals surface area contributed by atoms with Gasteiger partial charge in [-0.25, -0.2) is 0 Å². The topological polar surface area (TPSA) is 48.1 Å². The Morgan fingerprint density at radius 1 is 0.950 bits per heavy atom. The van der Waals surface area contributed by atoms with E-state index < -0.39 is 0 Å². The number of nitrogens with zero attached hydrogens (tertiary/aromatic N) is 3. The zero-order valence-corrected chi connectivity index (χ0v) is 25.1. The second-order valence-corrected chi connectivity index (χ2v) is 13.3. The Bertz CT molecular complexity index is 1090. The van der Waals surface area contributed by atoms with Crippen LogP contribution in [0.15, 0.2) is 54.6 Å². The molecule has 2 bridgehead atoms. The lowest BCUT2D eigenvalue weighted by Crippen LogP contribution is -2.57. The maximum absolute atomic E-state index is 13.3. The van der Waals surface area contributed by atoms with Gasteiger partial charge in [-0.2, -0.15) is 5.06 Å². The third-order valence-electron chi connectivity index (χ3n) is 9.84. The minimum absolute atomic E-state index is 0.144. The molecule has 4 atom stereocenters. The minimum Gasteiger partial charge on any atom is -0.352 e. The van der Waals surface area contributed by atoms with Crippen LogP contribution >= 0.6 is 0 Å². The first-order valence-corrected chi connectivity index (χ1v) is 15.5. The van der Waals surface area contributed by atoms with Crippen molar-refractivity contribution in [3.05, 3.63) is 71.3 Å². The van der Waals surface area contributed by atoms with Crippen molar-refractivity contribution in [2.45, 2.75) is 77.5 Å². The van der Waals surface area contributed by atoms with Gasteiger partial charge in [-0.05, 0) is 93.1 Å². The first-order chi connectivity index (χ1) is 19.3. The fraction of sp³-hybridized carbons (Fsp3) is 0.618. The molecule has 6 rings (SSSR count). The number of hydrogen-bond donors (Lipinski definition) is 1. The van der Waals surface area contributed by atoms with E-state index in [0.29, 0.717) is 24.6 Å². The lowest BCUT2D eigenvalue weighted by atomic mass is 9.48. The van der Waals surface area contributed by atoms with Gasteiger partial charge in [0.05, 0.1) is 6.61 Å². The largest absolute Gasteiger partial charge is 0.352 e. The third-order valence-corrected chi connectivity index (χ3v) is 9.84. The first kappa shape index (κ1) is 29.2. The van der Waals surface area contributed by atoms with Gasteiger partial charge in [0.1, 0.15) is 6.04 Å². The van der Waals surface area contributed by atoms with Gasteiger partial charge < -0.3 is 10.2 Å². The Morgan fingerprint density at radius 3 is 2.40 bits per heavy atom. The number of likely N-dealkylation sites (N-methyl/N-ethyl adjacent to an activating group) is 1. The molecule has 2 aromatic carbocycles. The van der Waals surface area contributed by atoms with E-state index in [-0.39, 0.29) is 11.9 Å². The minimum atomic E-state index is -0.204. The molecular formula is C34H50N4O2. The van der Waals surface area contributed by atoms with Crippen LogP contribution in [0, 0.1) is 17.3 Å². The van der Waals surface area contributed by atoms with Crippen LogP contribution in [0.3, 0.4) is 0 Å². The van der Waals surface area contributed by atoms with Crippen molar-refractivity contribution in [2.75, 3.05) is 40.3 Å². The summed E-state index contributed by atoms with van der Waals surface area (Å²) in [5, 5.41) is 5.32. The fourth-order valence-corrected chi connectivity index (χ4v) is 7.08. The Labute approximate surface area is 242 Å². The highest BCUT2D eigenvalue weighted by molar-refractivity contribution is 5.82. The molecule has 3 saturated carbocycles. The number of hydrogen-bond acceptors (Lipinski definition) is 5. The van der Waals surface area contributed by atoms with Gasteiger partial charge in [-0.1, -0.05) is 68.4 Å². The highest BCUT2D eigenvalue weighted by Gasteiger charge is 2.53. The van der Waals surface area contributed by atoms with Crippen LogP contribution in [-0.4, -0.2) is 73.2 Å². The van der Waals surface area contributed by atoms with Gasteiger partial charge >= 0.3 is 0 Å². The molecule has 1 heterocycles. The summed E-state index contributed by atoms with van der Waals surface area (Å²) in [5.74, 6) is 1.66. The SMILES string of the molecule is CN(C)CCN(CCCc1ccccc1)Cc1cccc(CN2OCC[C@H]2C(=O)NC2C[C@@H]3C[C@H](C2)C3(C)C)c1. The van der Waals surface area contributed by atoms with Crippen LogP contribution in [0.1, 0.15) is 62.6 Å². The summed E-state index contributed by atoms with van der Waals surface area (Å²) in [6, 6.07) is 19.7. The molecule has 6 nitrogen and oxygen atoms in total. The third kappa shape index (κ3) is 7.33. The smallest absolute Gasteiger partial charge is 0.240 e. The van der Waals surface area contributed by atoms with Crippen molar-refractivity contribution < 1.29 is 9.63 Å². The molecule has 4 aliphatic rings. The fourth-order valence-electron chi connectivity index (χ4n) is 7.08. The van der Waals surface area contributed by atoms with Gasteiger partial charge in [0.2, 0.25) is 5.91 Å². The van der Waals surface area contributed by atoms with E-state index in [9.17, 15) is 4.79 Å². The Balaban J connectivity index is 1.14. The first-order valence-electron chi connectivity index (χ1n) is 15.5. The maximum Gasteiger partial charge on any atom is 0.240 e. The molecule has 3 aliphatic carbocycles. The van der Waals surface area contributed by atoms with Crippen molar-refractivity contribution >= 4 is 5.91 Å². The van der Waals surface area contributed by atoms with E-state index in [2.05, 4.69) is 97.7 Å². The predicted octanol–water partition coefficient (Wildman–Crippen LogP) is 5.13. The monoisotopic (exact) mass is 546 g/mol. The van der Waals surface area contributed by atoms with Gasteiger partial charge in [0.15, 0.2) is 0 Å². The van der Waals surface area contributed by atoms with Crippen LogP contribution in [0.4, 0.5) is 0 Å². The molecule has 1 saturated heterocycles. The van der Waals surface area contributed by atoms with E-state index in [1.54, 1.807) is 0 Å². The molecule has 40 heavy (non-hydrogen) atoms. The van der Waals surface area contributed by atoms with E-state index >= 15 is 0 Å². The molecule has 218 valence electrons. The molecule has 1 aliphatic heterocycles. The van der Waals surface area contributed by atoms with Gasteiger partial charge in [-0.3, -0.25) is 14.5 Å². The number of amides is 1. The summed E-state index contributed by atoms with van der Waals surface area (Å²) in [7, 11) is 4.28. The second-order valence-electron chi connectivity index (χ2n) is 13.3. The summed E-state index contributed by atoms with van der Waals surface area (Å²) in [5.41, 5.74) is 4.39. The molecule has 2 aromatic rings. The summed E-state index contributed by atoms with van der Waals surface area (Å²) < 4.78 is 0. The molecular weight excluding hydrogens is 496 g/mol. The van der Waals surface area contributed by atoms with Crippen molar-refractivity contribution in [3.8, 4) is 0 Å². The molecule has 1 amide bonds. The standard InChI is InChI=1S/C34H50N4O2/c1-34(2)29-21-30(34)23-31(22-29)35-33(39)32-15-19-40-38(32)25-28-13-8-12-27(20-28)24-37(18-17-36(3)4)16-9-14-26-10-6-5-7-11-26/h5-8,10-13,20,29-32H,9,14-19,21-25H2,1-4H3,(H,35,39)/t29-,30+,31?,32-/m0/s1. The van der Waals surface area contributed by atoms with Gasteiger partial charge in [-0.15, -0.1) is 0 Å². The van der Waals surface area contributed by atoms with Crippen molar-refractivity contribution in [2.24, 2.45) is 17.3 Å². The van der Waals surface area contributed by atoms with Crippen LogP contribution in [-0.2, 0) is 29.1 Å². The van der Waals surface area contributed by atoms with E-state index in [4.69, 9.17) is 4.84 Å². The number of fused-ring (bicyclic) bond motifs is 2. The molecule has 1 unspecified atom stereocenters. The van der Waals surface area contributed by atoms with Crippen LogP contribution in [0.25, 0.3) is 0 Å². The van der Waals surface area contributed by atoms with E-state index in [1.807, 2.05) is 5.06 Å². The van der Waals surface area contributed by atoms with Gasteiger partial charge in [0, 0.05) is 32.2 Å². The molecule has 0 aromatic heterocycles. The number of nitrogens with one attached hydrogen (secondary N) is 1. The van der Waals surface area contributed by atoms with Crippen molar-refractivity contribution in [3.63, 3.8) is 0 Å². The number of aryl methyl sites for hydroxylation is 1. The number of carbonyl (C=O) groups excluding carboxylic acids is 1. The second kappa shape index (κ2) is 13.2. The number of carbonyl (C=O) groups is 1. The summed E-state index contributed by atoms with van der Waals surface area (Å²) in [6.45, 7) is 10.1.